The highest BCUT2D eigenvalue weighted by molar-refractivity contribution is 6.07. The van der Waals surface area contributed by atoms with Crippen molar-refractivity contribution in [2.24, 2.45) is 32.7 Å². The number of piperidine rings is 1. The molecule has 1 saturated heterocycles. The Morgan fingerprint density at radius 2 is 1.82 bits per heavy atom. The molecule has 4 aliphatic carbocycles. The summed E-state index contributed by atoms with van der Waals surface area (Å²) >= 11 is 0. The molecule has 10 heteroatoms. The standard InChI is InChI=1S/C30H43N7O3/c1-17(24(32)33)19-7-6-10-37(25(19)34)22-9-8-20(23(36-22)26(38)39)21(11-31)18(2)35-16-29-12-27(3)14-30(29,40-5)15-28(27,4)13-29/h8-9,11,34,36,38-39H,6-7,10,12-16,31H2,1-5H3,(H3,32,33)/b19-17-,21-11+,34-25?,35-18?. The lowest BCUT2D eigenvalue weighted by Crippen LogP contribution is -2.43. The van der Waals surface area contributed by atoms with Gasteiger partial charge in [-0.25, -0.2) is 0 Å². The van der Waals surface area contributed by atoms with Crippen molar-refractivity contribution in [1.82, 2.24) is 10.2 Å². The summed E-state index contributed by atoms with van der Waals surface area (Å²) in [7, 11) is 1.84. The van der Waals surface area contributed by atoms with E-state index in [1.54, 1.807) is 24.0 Å². The fourth-order valence-corrected chi connectivity index (χ4v) is 8.55. The van der Waals surface area contributed by atoms with E-state index in [4.69, 9.17) is 32.0 Å². The molecule has 0 aromatic heterocycles. The molecule has 0 aromatic rings. The number of hydrogen-bond donors (Lipinski definition) is 7. The third-order valence-electron chi connectivity index (χ3n) is 10.8. The van der Waals surface area contributed by atoms with Crippen molar-refractivity contribution < 1.29 is 14.9 Å². The Balaban J connectivity index is 1.43. The highest BCUT2D eigenvalue weighted by Gasteiger charge is 2.81. The van der Waals surface area contributed by atoms with Crippen molar-refractivity contribution in [1.29, 1.82) is 10.8 Å². The first-order valence-electron chi connectivity index (χ1n) is 14.0. The molecule has 6 rings (SSSR count). The van der Waals surface area contributed by atoms with Crippen LogP contribution in [0.1, 0.15) is 66.2 Å². The number of aliphatic hydroxyl groups is 2. The van der Waals surface area contributed by atoms with Crippen LogP contribution in [0.4, 0.5) is 0 Å². The van der Waals surface area contributed by atoms with Gasteiger partial charge >= 0.3 is 0 Å². The molecule has 5 fully saturated rings. The number of likely N-dealkylation sites (tertiary alicyclic amines) is 1. The number of nitrogens with zero attached hydrogens (tertiary/aromatic N) is 2. The molecule has 216 valence electrons. The molecule has 0 radical (unpaired) electrons. The van der Waals surface area contributed by atoms with Gasteiger partial charge < -0.3 is 36.6 Å². The largest absolute Gasteiger partial charge is 0.480 e. The first kappa shape index (κ1) is 28.0. The van der Waals surface area contributed by atoms with E-state index < -0.39 is 5.95 Å². The van der Waals surface area contributed by atoms with Gasteiger partial charge in [0.05, 0.1) is 5.60 Å². The van der Waals surface area contributed by atoms with Gasteiger partial charge in [-0.1, -0.05) is 13.8 Å². The quantitative estimate of drug-likeness (QED) is 0.141. The normalized spacial score (nSPS) is 36.6. The summed E-state index contributed by atoms with van der Waals surface area (Å²) in [5.41, 5.74) is 15.4. The monoisotopic (exact) mass is 549 g/mol. The van der Waals surface area contributed by atoms with Gasteiger partial charge in [-0.05, 0) is 80.9 Å². The number of rotatable bonds is 7. The highest BCUT2D eigenvalue weighted by atomic mass is 16.5. The molecule has 4 bridgehead atoms. The Morgan fingerprint density at radius 1 is 1.18 bits per heavy atom. The lowest BCUT2D eigenvalue weighted by molar-refractivity contribution is -0.0680. The second kappa shape index (κ2) is 9.26. The van der Waals surface area contributed by atoms with Crippen molar-refractivity contribution in [3.63, 3.8) is 0 Å². The van der Waals surface area contributed by atoms with E-state index >= 15 is 0 Å². The molecule has 2 atom stereocenters. The van der Waals surface area contributed by atoms with E-state index in [1.165, 1.54) is 6.20 Å². The number of nitrogens with two attached hydrogens (primary N) is 2. The van der Waals surface area contributed by atoms with Crippen LogP contribution in [0.3, 0.4) is 0 Å². The van der Waals surface area contributed by atoms with Crippen molar-refractivity contribution in [3.8, 4) is 0 Å². The molecule has 0 aromatic carbocycles. The lowest BCUT2D eigenvalue weighted by Gasteiger charge is -2.38. The maximum absolute atomic E-state index is 10.3. The van der Waals surface area contributed by atoms with E-state index in [-0.39, 0.29) is 39.2 Å². The van der Waals surface area contributed by atoms with Gasteiger partial charge in [0.25, 0.3) is 5.95 Å². The number of ether oxygens (including phenoxy) is 1. The molecule has 0 amide bonds. The van der Waals surface area contributed by atoms with E-state index in [0.29, 0.717) is 53.3 Å². The Hall–Kier alpha value is -3.53. The zero-order chi connectivity index (χ0) is 29.3. The highest BCUT2D eigenvalue weighted by Crippen LogP contribution is 2.83. The fourth-order valence-electron chi connectivity index (χ4n) is 8.55. The van der Waals surface area contributed by atoms with E-state index in [1.807, 2.05) is 14.0 Å². The Labute approximate surface area is 236 Å². The van der Waals surface area contributed by atoms with Gasteiger partial charge in [-0.2, -0.15) is 0 Å². The number of nitrogens with one attached hydrogen (secondary N) is 3. The number of allylic oxidation sites excluding steroid dienone is 3. The fraction of sp³-hybridized carbons (Fsp3) is 0.567. The molecule has 9 N–H and O–H groups in total. The molecule has 6 aliphatic rings. The van der Waals surface area contributed by atoms with Gasteiger partial charge in [-0.15, -0.1) is 0 Å². The van der Waals surface area contributed by atoms with Gasteiger partial charge in [0.15, 0.2) is 0 Å². The minimum Gasteiger partial charge on any atom is -0.480 e. The number of methoxy groups -OCH3 is 1. The van der Waals surface area contributed by atoms with Crippen LogP contribution >= 0.6 is 0 Å². The average Bonchev–Trinajstić information content (AvgIpc) is 3.47. The van der Waals surface area contributed by atoms with E-state index in [9.17, 15) is 10.2 Å². The van der Waals surface area contributed by atoms with Crippen LogP contribution in [0, 0.1) is 27.1 Å². The summed E-state index contributed by atoms with van der Waals surface area (Å²) in [4.78, 5) is 6.80. The Morgan fingerprint density at radius 3 is 2.38 bits per heavy atom. The second-order valence-electron chi connectivity index (χ2n) is 12.9. The Kier molecular flexibility index (Phi) is 6.48. The van der Waals surface area contributed by atoms with Crippen molar-refractivity contribution in [2.45, 2.75) is 71.8 Å². The van der Waals surface area contributed by atoms with Crippen LogP contribution in [0.2, 0.25) is 0 Å². The maximum Gasteiger partial charge on any atom is 0.299 e. The predicted molar refractivity (Wildman–Crippen MR) is 157 cm³/mol. The molecule has 2 aliphatic heterocycles. The molecule has 2 heterocycles. The average molecular weight is 550 g/mol. The van der Waals surface area contributed by atoms with Gasteiger partial charge in [-0.3, -0.25) is 15.8 Å². The number of aliphatic hydroxyl groups excluding tert-OH is 1. The van der Waals surface area contributed by atoms with Gasteiger partial charge in [0, 0.05) is 54.2 Å². The number of amidine groups is 2. The summed E-state index contributed by atoms with van der Waals surface area (Å²) in [6.45, 7) is 9.65. The molecule has 10 nitrogen and oxygen atoms in total. The van der Waals surface area contributed by atoms with Crippen LogP contribution in [-0.2, 0) is 4.74 Å². The predicted octanol–water partition coefficient (Wildman–Crippen LogP) is 4.26. The molecular formula is C30H43N7O3. The van der Waals surface area contributed by atoms with E-state index in [2.05, 4.69) is 19.2 Å². The zero-order valence-electron chi connectivity index (χ0n) is 24.2. The molecular weight excluding hydrogens is 506 g/mol. The SMILES string of the molecule is COC12CC3(C)CC1(CN=C(C)/C(=C\N)C1=CC=C(N4CCC/C(=C(\C)C(=N)N)C4=N)NC1=C(O)O)CC3(C)C2. The zero-order valence-corrected chi connectivity index (χ0v) is 24.2. The van der Waals surface area contributed by atoms with Crippen LogP contribution in [0.25, 0.3) is 0 Å². The van der Waals surface area contributed by atoms with E-state index in [0.717, 1.165) is 32.1 Å². The van der Waals surface area contributed by atoms with Gasteiger partial charge in [0.1, 0.15) is 23.2 Å². The summed E-state index contributed by atoms with van der Waals surface area (Å²) in [6, 6.07) is 0. The van der Waals surface area contributed by atoms with Crippen LogP contribution < -0.4 is 16.8 Å². The van der Waals surface area contributed by atoms with Crippen molar-refractivity contribution in [3.05, 3.63) is 58.1 Å². The molecule has 40 heavy (non-hydrogen) atoms. The third kappa shape index (κ3) is 3.83. The minimum atomic E-state index is -0.878. The summed E-state index contributed by atoms with van der Waals surface area (Å²) in [6.07, 6.45) is 10.8. The lowest BCUT2D eigenvalue weighted by atomic mass is 9.71. The topological polar surface area (TPSA) is 177 Å². The maximum atomic E-state index is 10.3. The first-order valence-corrected chi connectivity index (χ1v) is 14.0. The van der Waals surface area contributed by atoms with Gasteiger partial charge in [0.2, 0.25) is 0 Å². The van der Waals surface area contributed by atoms with Crippen LogP contribution in [-0.4, -0.2) is 58.3 Å². The van der Waals surface area contributed by atoms with Crippen LogP contribution in [0.15, 0.2) is 63.1 Å². The molecule has 0 spiro atoms. The number of dihydropyridines is 1. The summed E-state index contributed by atoms with van der Waals surface area (Å²) in [5, 5.41) is 40.2. The molecule has 2 unspecified atom stereocenters. The van der Waals surface area contributed by atoms with Crippen molar-refractivity contribution in [2.75, 3.05) is 20.2 Å². The first-order chi connectivity index (χ1) is 18.8. The second-order valence-corrected chi connectivity index (χ2v) is 12.9. The Bertz CT molecular complexity index is 1340. The molecule has 4 saturated carbocycles. The smallest absolute Gasteiger partial charge is 0.299 e. The van der Waals surface area contributed by atoms with Crippen LogP contribution in [0.5, 0.6) is 0 Å². The summed E-state index contributed by atoms with van der Waals surface area (Å²) < 4.78 is 6.22. The summed E-state index contributed by atoms with van der Waals surface area (Å²) in [5.74, 6) is -0.181. The number of aliphatic imine (C=N–C) groups is 1. The third-order valence-corrected chi connectivity index (χ3v) is 10.8. The minimum absolute atomic E-state index is 0.00583. The number of hydrogen-bond acceptors (Lipinski definition) is 8. The van der Waals surface area contributed by atoms with Crippen molar-refractivity contribution >= 4 is 17.4 Å².